The van der Waals surface area contributed by atoms with Crippen LogP contribution in [0.4, 0.5) is 11.4 Å². The molecule has 0 atom stereocenters. The lowest BCUT2D eigenvalue weighted by molar-refractivity contribution is 0.101. The molecule has 2 aromatic rings. The zero-order chi connectivity index (χ0) is 14.9. The molecular formula is C14H17ClN4O. The van der Waals surface area contributed by atoms with Crippen molar-refractivity contribution in [1.82, 2.24) is 9.78 Å². The summed E-state index contributed by atoms with van der Waals surface area (Å²) >= 11 is 5.90. The van der Waals surface area contributed by atoms with Gasteiger partial charge in [0.1, 0.15) is 5.69 Å². The summed E-state index contributed by atoms with van der Waals surface area (Å²) in [6, 6.07) is 5.29. The van der Waals surface area contributed by atoms with E-state index in [2.05, 4.69) is 10.4 Å². The predicted octanol–water partition coefficient (Wildman–Crippen LogP) is 2.78. The highest BCUT2D eigenvalue weighted by Gasteiger charge is 2.19. The monoisotopic (exact) mass is 292 g/mol. The smallest absolute Gasteiger partial charge is 0.276 e. The molecule has 0 spiro atoms. The average Bonchev–Trinajstić information content (AvgIpc) is 2.67. The minimum Gasteiger partial charge on any atom is -0.395 e. The van der Waals surface area contributed by atoms with Gasteiger partial charge in [-0.05, 0) is 37.1 Å². The van der Waals surface area contributed by atoms with Crippen LogP contribution in [-0.2, 0) is 13.5 Å². The van der Waals surface area contributed by atoms with Gasteiger partial charge in [-0.15, -0.1) is 0 Å². The summed E-state index contributed by atoms with van der Waals surface area (Å²) in [7, 11) is 1.71. The van der Waals surface area contributed by atoms with Crippen molar-refractivity contribution in [3.05, 3.63) is 40.2 Å². The van der Waals surface area contributed by atoms with Crippen LogP contribution < -0.4 is 11.1 Å². The molecule has 5 nitrogen and oxygen atoms in total. The van der Waals surface area contributed by atoms with Crippen LogP contribution in [0.15, 0.2) is 18.2 Å². The van der Waals surface area contributed by atoms with Crippen LogP contribution in [0.25, 0.3) is 0 Å². The average molecular weight is 293 g/mol. The van der Waals surface area contributed by atoms with Gasteiger partial charge < -0.3 is 11.1 Å². The van der Waals surface area contributed by atoms with Crippen LogP contribution in [0.3, 0.4) is 0 Å². The number of amides is 1. The Morgan fingerprint density at radius 1 is 1.50 bits per heavy atom. The molecule has 20 heavy (non-hydrogen) atoms. The maximum absolute atomic E-state index is 12.3. The van der Waals surface area contributed by atoms with Crippen LogP contribution in [0.5, 0.6) is 0 Å². The number of benzene rings is 1. The summed E-state index contributed by atoms with van der Waals surface area (Å²) in [5.41, 5.74) is 9.09. The normalized spacial score (nSPS) is 10.6. The first-order valence-corrected chi connectivity index (χ1v) is 6.70. The molecule has 2 rings (SSSR count). The standard InChI is InChI=1S/C14H17ClN4O/c1-4-10-12(16)13(19(3)18-10)14(20)17-11-6-5-9(15)7-8(11)2/h5-7H,4,16H2,1-3H3,(H,17,20). The molecule has 6 heteroatoms. The summed E-state index contributed by atoms with van der Waals surface area (Å²) in [5, 5.41) is 7.71. The Bertz CT molecular complexity index is 663. The SMILES string of the molecule is CCc1nn(C)c(C(=O)Nc2ccc(Cl)cc2C)c1N. The van der Waals surface area contributed by atoms with Gasteiger partial charge in [0.2, 0.25) is 0 Å². The third-order valence-corrected chi connectivity index (χ3v) is 3.38. The third-order valence-electron chi connectivity index (χ3n) is 3.15. The summed E-state index contributed by atoms with van der Waals surface area (Å²) in [6.45, 7) is 3.83. The number of nitrogens with zero attached hydrogens (tertiary/aromatic N) is 2. The van der Waals surface area contributed by atoms with Crippen molar-refractivity contribution < 1.29 is 4.79 Å². The minimum absolute atomic E-state index is 0.275. The molecule has 0 saturated carbocycles. The first-order chi connectivity index (χ1) is 9.43. The number of carbonyl (C=O) groups is 1. The molecule has 1 amide bonds. The van der Waals surface area contributed by atoms with Crippen LogP contribution in [0, 0.1) is 6.92 Å². The zero-order valence-corrected chi connectivity index (χ0v) is 12.5. The Hall–Kier alpha value is -2.01. The van der Waals surface area contributed by atoms with Crippen LogP contribution in [-0.4, -0.2) is 15.7 Å². The molecule has 0 saturated heterocycles. The van der Waals surface area contributed by atoms with Gasteiger partial charge in [0, 0.05) is 17.8 Å². The summed E-state index contributed by atoms with van der Waals surface area (Å²) in [4.78, 5) is 12.3. The molecule has 0 aliphatic rings. The maximum Gasteiger partial charge on any atom is 0.276 e. The number of halogens is 1. The number of carbonyl (C=O) groups excluding carboxylic acids is 1. The Balaban J connectivity index is 2.31. The van der Waals surface area contributed by atoms with Crippen LogP contribution in [0.2, 0.25) is 5.02 Å². The Labute approximate surface area is 122 Å². The Morgan fingerprint density at radius 3 is 2.75 bits per heavy atom. The molecule has 1 aromatic carbocycles. The topological polar surface area (TPSA) is 72.9 Å². The van der Waals surface area contributed by atoms with Crippen molar-refractivity contribution >= 4 is 28.9 Å². The second kappa shape index (κ2) is 5.54. The van der Waals surface area contributed by atoms with E-state index in [0.717, 1.165) is 11.3 Å². The highest BCUT2D eigenvalue weighted by Crippen LogP contribution is 2.22. The van der Waals surface area contributed by atoms with E-state index in [4.69, 9.17) is 17.3 Å². The predicted molar refractivity (Wildman–Crippen MR) is 81.1 cm³/mol. The fourth-order valence-corrected chi connectivity index (χ4v) is 2.30. The number of nitrogen functional groups attached to an aromatic ring is 1. The number of aryl methyl sites for hydroxylation is 3. The second-order valence-corrected chi connectivity index (χ2v) is 5.04. The molecule has 0 aliphatic heterocycles. The quantitative estimate of drug-likeness (QED) is 0.913. The Morgan fingerprint density at radius 2 is 2.20 bits per heavy atom. The molecule has 106 valence electrons. The summed E-state index contributed by atoms with van der Waals surface area (Å²) < 4.78 is 1.51. The minimum atomic E-state index is -0.275. The fourth-order valence-electron chi connectivity index (χ4n) is 2.08. The summed E-state index contributed by atoms with van der Waals surface area (Å²) in [6.07, 6.45) is 0.687. The van der Waals surface area contributed by atoms with Crippen LogP contribution in [0.1, 0.15) is 28.7 Å². The number of rotatable bonds is 3. The van der Waals surface area contributed by atoms with Gasteiger partial charge in [-0.25, -0.2) is 0 Å². The molecule has 0 aliphatic carbocycles. The molecule has 1 aromatic heterocycles. The van der Waals surface area contributed by atoms with Crippen molar-refractivity contribution in [2.75, 3.05) is 11.1 Å². The number of anilines is 2. The van der Waals surface area contributed by atoms with E-state index >= 15 is 0 Å². The van der Waals surface area contributed by atoms with Gasteiger partial charge in [-0.1, -0.05) is 18.5 Å². The van der Waals surface area contributed by atoms with Gasteiger partial charge in [0.05, 0.1) is 11.4 Å². The molecule has 0 radical (unpaired) electrons. The Kier molecular flexibility index (Phi) is 3.99. The largest absolute Gasteiger partial charge is 0.395 e. The first-order valence-electron chi connectivity index (χ1n) is 6.32. The van der Waals surface area contributed by atoms with E-state index in [1.165, 1.54) is 4.68 Å². The van der Waals surface area contributed by atoms with Gasteiger partial charge in [0.25, 0.3) is 5.91 Å². The third kappa shape index (κ3) is 2.63. The van der Waals surface area contributed by atoms with E-state index in [-0.39, 0.29) is 5.91 Å². The lowest BCUT2D eigenvalue weighted by Gasteiger charge is -2.09. The molecule has 1 heterocycles. The number of nitrogens with two attached hydrogens (primary N) is 1. The summed E-state index contributed by atoms with van der Waals surface area (Å²) in [5.74, 6) is -0.275. The van der Waals surface area contributed by atoms with E-state index < -0.39 is 0 Å². The number of hydrogen-bond donors (Lipinski definition) is 2. The maximum atomic E-state index is 12.3. The first kappa shape index (κ1) is 14.4. The highest BCUT2D eigenvalue weighted by atomic mass is 35.5. The molecule has 0 bridgehead atoms. The van der Waals surface area contributed by atoms with Gasteiger partial charge in [0.15, 0.2) is 0 Å². The number of aromatic nitrogens is 2. The molecule has 0 fully saturated rings. The fraction of sp³-hybridized carbons (Fsp3) is 0.286. The zero-order valence-electron chi connectivity index (χ0n) is 11.7. The van der Waals surface area contributed by atoms with Crippen molar-refractivity contribution in [2.24, 2.45) is 7.05 Å². The van der Waals surface area contributed by atoms with Gasteiger partial charge in [-0.2, -0.15) is 5.10 Å². The van der Waals surface area contributed by atoms with Crippen LogP contribution >= 0.6 is 11.6 Å². The molecule has 3 N–H and O–H groups in total. The number of hydrogen-bond acceptors (Lipinski definition) is 3. The van der Waals surface area contributed by atoms with E-state index in [0.29, 0.717) is 28.5 Å². The van der Waals surface area contributed by atoms with Gasteiger partial charge in [-0.3, -0.25) is 9.48 Å². The number of nitrogens with one attached hydrogen (secondary N) is 1. The van der Waals surface area contributed by atoms with E-state index in [9.17, 15) is 4.79 Å². The van der Waals surface area contributed by atoms with Crippen molar-refractivity contribution in [3.63, 3.8) is 0 Å². The highest BCUT2D eigenvalue weighted by molar-refractivity contribution is 6.30. The van der Waals surface area contributed by atoms with Gasteiger partial charge >= 0.3 is 0 Å². The van der Waals surface area contributed by atoms with Crippen molar-refractivity contribution in [1.29, 1.82) is 0 Å². The van der Waals surface area contributed by atoms with Crippen molar-refractivity contribution in [3.8, 4) is 0 Å². The van der Waals surface area contributed by atoms with E-state index in [1.807, 2.05) is 13.8 Å². The second-order valence-electron chi connectivity index (χ2n) is 4.60. The molecule has 0 unspecified atom stereocenters. The van der Waals surface area contributed by atoms with Crippen molar-refractivity contribution in [2.45, 2.75) is 20.3 Å². The lowest BCUT2D eigenvalue weighted by Crippen LogP contribution is -2.18. The molecular weight excluding hydrogens is 276 g/mol. The lowest BCUT2D eigenvalue weighted by atomic mass is 10.2. The van der Waals surface area contributed by atoms with E-state index in [1.54, 1.807) is 25.2 Å².